The summed E-state index contributed by atoms with van der Waals surface area (Å²) in [7, 11) is -1.69. The van der Waals surface area contributed by atoms with Crippen molar-refractivity contribution in [2.45, 2.75) is 57.1 Å². The van der Waals surface area contributed by atoms with Crippen molar-refractivity contribution in [1.29, 1.82) is 0 Å². The number of carbonyl (C=O) groups excluding carboxylic acids is 1. The van der Waals surface area contributed by atoms with Crippen LogP contribution in [-0.4, -0.2) is 74.7 Å². The maximum Gasteiger partial charge on any atom is 0.261 e. The number of aliphatic hydroxyl groups excluding tert-OH is 1. The minimum atomic E-state index is -3.79. The number of fused-ring (bicyclic) bond motifs is 1. The number of hydrogen-bond donors (Lipinski definition) is 2. The number of aryl methyl sites for hydroxylation is 1. The molecule has 1 heterocycles. The van der Waals surface area contributed by atoms with Crippen LogP contribution in [-0.2, 0) is 21.2 Å². The molecule has 202 valence electrons. The monoisotopic (exact) mass is 529 g/mol. The van der Waals surface area contributed by atoms with Crippen LogP contribution in [0.1, 0.15) is 37.8 Å². The number of sulfonamides is 1. The Morgan fingerprint density at radius 1 is 1.16 bits per heavy atom. The molecule has 4 rings (SSSR count). The summed E-state index contributed by atoms with van der Waals surface area (Å²) in [6.07, 6.45) is 2.42. The number of aliphatic hydroxyl groups is 1. The fraction of sp³-hybridized carbons (Fsp3) is 0.536. The molecule has 1 aliphatic heterocycles. The van der Waals surface area contributed by atoms with Gasteiger partial charge in [0.25, 0.3) is 10.0 Å². The van der Waals surface area contributed by atoms with Crippen LogP contribution in [0.3, 0.4) is 0 Å². The van der Waals surface area contributed by atoms with Crippen LogP contribution in [0.25, 0.3) is 0 Å². The first kappa shape index (κ1) is 27.4. The van der Waals surface area contributed by atoms with Crippen molar-refractivity contribution in [2.24, 2.45) is 11.8 Å². The van der Waals surface area contributed by atoms with Crippen LogP contribution < -0.4 is 9.46 Å². The van der Waals surface area contributed by atoms with Crippen molar-refractivity contribution in [2.75, 3.05) is 38.0 Å². The molecule has 0 aromatic heterocycles. The highest BCUT2D eigenvalue weighted by atomic mass is 32.2. The average Bonchev–Trinajstić information content (AvgIpc) is 3.65. The Labute approximate surface area is 220 Å². The number of amides is 1. The normalized spacial score (nSPS) is 21.5. The summed E-state index contributed by atoms with van der Waals surface area (Å²) < 4.78 is 35.1. The lowest BCUT2D eigenvalue weighted by Crippen LogP contribution is -2.47. The van der Waals surface area contributed by atoms with Gasteiger partial charge in [0.1, 0.15) is 11.9 Å². The zero-order valence-electron chi connectivity index (χ0n) is 22.2. The fourth-order valence-electron chi connectivity index (χ4n) is 4.77. The molecular formula is C28H39N3O5S. The number of likely N-dealkylation sites (N-methyl/N-ethyl adjacent to an activating group) is 1. The molecule has 1 amide bonds. The number of anilines is 1. The molecular weight excluding hydrogens is 490 g/mol. The van der Waals surface area contributed by atoms with Gasteiger partial charge >= 0.3 is 0 Å². The van der Waals surface area contributed by atoms with E-state index in [4.69, 9.17) is 4.74 Å². The molecule has 8 nitrogen and oxygen atoms in total. The number of nitrogens with zero attached hydrogens (tertiary/aromatic N) is 2. The van der Waals surface area contributed by atoms with Crippen molar-refractivity contribution in [1.82, 2.24) is 9.80 Å². The Bertz CT molecular complexity index is 1200. The molecule has 1 saturated carbocycles. The third kappa shape index (κ3) is 7.03. The van der Waals surface area contributed by atoms with Gasteiger partial charge in [0.15, 0.2) is 0 Å². The largest absolute Gasteiger partial charge is 0.488 e. The van der Waals surface area contributed by atoms with Crippen LogP contribution >= 0.6 is 0 Å². The maximum absolute atomic E-state index is 13.4. The summed E-state index contributed by atoms with van der Waals surface area (Å²) in [5.74, 6) is 1.25. The highest BCUT2D eigenvalue weighted by molar-refractivity contribution is 7.92. The van der Waals surface area contributed by atoms with E-state index in [1.54, 1.807) is 47.4 Å². The summed E-state index contributed by atoms with van der Waals surface area (Å²) in [5.41, 5.74) is 1.96. The molecule has 1 fully saturated rings. The van der Waals surface area contributed by atoms with Gasteiger partial charge in [-0.25, -0.2) is 8.42 Å². The Morgan fingerprint density at radius 3 is 2.51 bits per heavy atom. The summed E-state index contributed by atoms with van der Waals surface area (Å²) in [6.45, 7) is 7.90. The lowest BCUT2D eigenvalue weighted by molar-refractivity contribution is -0.134. The van der Waals surface area contributed by atoms with E-state index in [1.165, 1.54) is 12.8 Å². The molecule has 0 radical (unpaired) electrons. The lowest BCUT2D eigenvalue weighted by Gasteiger charge is -2.34. The van der Waals surface area contributed by atoms with E-state index >= 15 is 0 Å². The lowest BCUT2D eigenvalue weighted by atomic mass is 10.0. The van der Waals surface area contributed by atoms with Gasteiger partial charge in [0.2, 0.25) is 5.91 Å². The molecule has 0 unspecified atom stereocenters. The first-order valence-electron chi connectivity index (χ1n) is 13.0. The van der Waals surface area contributed by atoms with Gasteiger partial charge in [0.05, 0.1) is 24.0 Å². The Hall–Kier alpha value is -2.62. The second-order valence-electron chi connectivity index (χ2n) is 10.8. The predicted molar refractivity (Wildman–Crippen MR) is 144 cm³/mol. The van der Waals surface area contributed by atoms with Crippen molar-refractivity contribution < 1.29 is 23.1 Å². The van der Waals surface area contributed by atoms with Crippen molar-refractivity contribution >= 4 is 21.6 Å². The number of nitrogens with one attached hydrogen (secondary N) is 1. The Morgan fingerprint density at radius 2 is 1.86 bits per heavy atom. The Balaban J connectivity index is 1.63. The molecule has 37 heavy (non-hydrogen) atoms. The summed E-state index contributed by atoms with van der Waals surface area (Å²) in [6, 6.07) is 11.4. The van der Waals surface area contributed by atoms with Gasteiger partial charge in [0, 0.05) is 36.8 Å². The molecule has 1 aliphatic carbocycles. The Kier molecular flexibility index (Phi) is 8.46. The van der Waals surface area contributed by atoms with Gasteiger partial charge in [-0.3, -0.25) is 9.52 Å². The molecule has 0 saturated heterocycles. The third-order valence-corrected chi connectivity index (χ3v) is 8.66. The second-order valence-corrected chi connectivity index (χ2v) is 12.5. The van der Waals surface area contributed by atoms with Crippen molar-refractivity contribution in [3.05, 3.63) is 53.6 Å². The number of ether oxygens (including phenoxy) is 1. The second kappa shape index (κ2) is 11.4. The zero-order valence-corrected chi connectivity index (χ0v) is 23.0. The van der Waals surface area contributed by atoms with E-state index in [9.17, 15) is 18.3 Å². The van der Waals surface area contributed by atoms with Crippen LogP contribution in [0.4, 0.5) is 5.69 Å². The number of rotatable bonds is 9. The smallest absolute Gasteiger partial charge is 0.261 e. The van der Waals surface area contributed by atoms with E-state index < -0.39 is 10.0 Å². The zero-order chi connectivity index (χ0) is 26.7. The molecule has 2 aromatic carbocycles. The van der Waals surface area contributed by atoms with Gasteiger partial charge in [-0.15, -0.1) is 0 Å². The highest BCUT2D eigenvalue weighted by Crippen LogP contribution is 2.32. The third-order valence-electron chi connectivity index (χ3n) is 7.26. The minimum absolute atomic E-state index is 0.0327. The maximum atomic E-state index is 13.4. The first-order valence-corrected chi connectivity index (χ1v) is 14.5. The van der Waals surface area contributed by atoms with Crippen LogP contribution in [0, 0.1) is 18.8 Å². The molecule has 9 heteroatoms. The number of carbonyl (C=O) groups is 1. The molecule has 3 atom stereocenters. The van der Waals surface area contributed by atoms with Gasteiger partial charge in [-0.05, 0) is 70.0 Å². The molecule has 2 aromatic rings. The van der Waals surface area contributed by atoms with E-state index in [0.29, 0.717) is 30.1 Å². The van der Waals surface area contributed by atoms with E-state index in [2.05, 4.69) is 23.6 Å². The van der Waals surface area contributed by atoms with Crippen molar-refractivity contribution in [3.63, 3.8) is 0 Å². The van der Waals surface area contributed by atoms with Crippen molar-refractivity contribution in [3.8, 4) is 5.75 Å². The molecule has 2 N–H and O–H groups in total. The SMILES string of the molecule is Cc1ccc(S(=O)(=O)Nc2ccc3c(c2)CC(=O)N([C@@H](C)CO)C[C@@H](C)[C@@H](CN(C)CC2CC2)O3)cc1. The van der Waals surface area contributed by atoms with Crippen LogP contribution in [0.15, 0.2) is 47.4 Å². The van der Waals surface area contributed by atoms with E-state index in [-0.39, 0.29) is 41.9 Å². The minimum Gasteiger partial charge on any atom is -0.488 e. The number of benzene rings is 2. The van der Waals surface area contributed by atoms with Gasteiger partial charge in [-0.2, -0.15) is 0 Å². The van der Waals surface area contributed by atoms with E-state index in [1.807, 2.05) is 13.8 Å². The first-order chi connectivity index (χ1) is 17.6. The summed E-state index contributed by atoms with van der Waals surface area (Å²) >= 11 is 0. The van der Waals surface area contributed by atoms with Crippen LogP contribution in [0.5, 0.6) is 5.75 Å². The fourth-order valence-corrected chi connectivity index (χ4v) is 5.81. The van der Waals surface area contributed by atoms with Crippen LogP contribution in [0.2, 0.25) is 0 Å². The molecule has 2 aliphatic rings. The van der Waals surface area contributed by atoms with E-state index in [0.717, 1.165) is 18.0 Å². The average molecular weight is 530 g/mol. The standard InChI is InChI=1S/C28H39N3O5S/c1-19-5-10-25(11-6-19)37(34,35)29-24-9-12-26-23(13-24)14-28(33)31(21(3)18-32)15-20(2)27(36-26)17-30(4)16-22-7-8-22/h5-6,9-13,20-22,27,29,32H,7-8,14-18H2,1-4H3/t20-,21+,27-/m1/s1. The van der Waals surface area contributed by atoms with Gasteiger partial charge in [-0.1, -0.05) is 24.6 Å². The molecule has 0 bridgehead atoms. The summed E-state index contributed by atoms with van der Waals surface area (Å²) in [5, 5.41) is 9.82. The summed E-state index contributed by atoms with van der Waals surface area (Å²) in [4.78, 5) is 17.6. The topological polar surface area (TPSA) is 99.2 Å². The quantitative estimate of drug-likeness (QED) is 0.517. The van der Waals surface area contributed by atoms with Gasteiger partial charge < -0.3 is 19.6 Å². The molecule has 0 spiro atoms. The number of hydrogen-bond acceptors (Lipinski definition) is 6. The highest BCUT2D eigenvalue weighted by Gasteiger charge is 2.32. The predicted octanol–water partition coefficient (Wildman–Crippen LogP) is 3.29.